The van der Waals surface area contributed by atoms with Crippen molar-refractivity contribution in [2.24, 2.45) is 11.7 Å². The number of nitrogens with one attached hydrogen (secondary N) is 1. The van der Waals surface area contributed by atoms with Crippen molar-refractivity contribution >= 4 is 11.7 Å². The van der Waals surface area contributed by atoms with Crippen LogP contribution in [0.1, 0.15) is 13.8 Å². The van der Waals surface area contributed by atoms with Crippen LogP contribution in [0.25, 0.3) is 0 Å². The average Bonchev–Trinajstić information content (AvgIpc) is 2.11. The lowest BCUT2D eigenvalue weighted by molar-refractivity contribution is -0.129. The molecule has 0 bridgehead atoms. The summed E-state index contributed by atoms with van der Waals surface area (Å²) in [5.41, 5.74) is 5.27. The van der Waals surface area contributed by atoms with Gasteiger partial charge in [-0.05, 0) is 6.92 Å². The van der Waals surface area contributed by atoms with Gasteiger partial charge in [-0.3, -0.25) is 9.59 Å². The zero-order valence-corrected chi connectivity index (χ0v) is 7.91. The van der Waals surface area contributed by atoms with Crippen LogP contribution in [0.4, 0.5) is 0 Å². The van der Waals surface area contributed by atoms with Gasteiger partial charge >= 0.3 is 0 Å². The fraction of sp³-hybridized carbons (Fsp3) is 0.750. The second kappa shape index (κ2) is 5.66. The summed E-state index contributed by atoms with van der Waals surface area (Å²) in [5.74, 6) is -1.04. The lowest BCUT2D eigenvalue weighted by Crippen LogP contribution is -2.47. The van der Waals surface area contributed by atoms with Gasteiger partial charge in [-0.1, -0.05) is 6.92 Å². The molecule has 0 rings (SSSR count). The molecule has 0 aromatic carbocycles. The van der Waals surface area contributed by atoms with Gasteiger partial charge in [0.25, 0.3) is 0 Å². The lowest BCUT2D eigenvalue weighted by atomic mass is 10.1. The Morgan fingerprint density at radius 2 is 2.08 bits per heavy atom. The molecule has 76 valence electrons. The van der Waals surface area contributed by atoms with Crippen LogP contribution in [0.15, 0.2) is 0 Å². The number of aliphatic hydroxyl groups excluding tert-OH is 1. The Kier molecular flexibility index (Phi) is 5.25. The van der Waals surface area contributed by atoms with E-state index in [0.717, 1.165) is 0 Å². The summed E-state index contributed by atoms with van der Waals surface area (Å²) < 4.78 is 0. The minimum atomic E-state index is -0.638. The first kappa shape index (κ1) is 12.1. The standard InChI is InChI=1S/C8H16N2O3/c1-5(4-11)8(13)10-7(3-9)6(2)12/h5,7,11H,3-4,9H2,1-2H3,(H,10,13). The van der Waals surface area contributed by atoms with Gasteiger partial charge in [-0.25, -0.2) is 0 Å². The molecule has 13 heavy (non-hydrogen) atoms. The summed E-state index contributed by atoms with van der Waals surface area (Å²) in [6.45, 7) is 2.78. The van der Waals surface area contributed by atoms with Gasteiger partial charge in [0.15, 0.2) is 5.78 Å². The maximum atomic E-state index is 11.2. The molecule has 0 aromatic rings. The highest BCUT2D eigenvalue weighted by molar-refractivity contribution is 5.88. The second-order valence-electron chi connectivity index (χ2n) is 2.99. The summed E-state index contributed by atoms with van der Waals surface area (Å²) in [6.07, 6.45) is 0. The number of amides is 1. The number of hydrogen-bond acceptors (Lipinski definition) is 4. The minimum Gasteiger partial charge on any atom is -0.396 e. The van der Waals surface area contributed by atoms with Crippen molar-refractivity contribution in [1.82, 2.24) is 5.32 Å². The van der Waals surface area contributed by atoms with E-state index in [0.29, 0.717) is 0 Å². The molecule has 0 saturated carbocycles. The van der Waals surface area contributed by atoms with Crippen molar-refractivity contribution in [2.45, 2.75) is 19.9 Å². The van der Waals surface area contributed by atoms with E-state index in [1.807, 2.05) is 0 Å². The van der Waals surface area contributed by atoms with Crippen LogP contribution >= 0.6 is 0 Å². The molecule has 2 atom stereocenters. The van der Waals surface area contributed by atoms with E-state index in [-0.39, 0.29) is 24.8 Å². The Morgan fingerprint density at radius 3 is 2.38 bits per heavy atom. The number of rotatable bonds is 5. The number of hydrogen-bond donors (Lipinski definition) is 3. The molecule has 0 fully saturated rings. The number of aliphatic hydroxyl groups is 1. The molecular formula is C8H16N2O3. The van der Waals surface area contributed by atoms with Crippen LogP contribution in [-0.2, 0) is 9.59 Å². The molecular weight excluding hydrogens is 172 g/mol. The first-order valence-corrected chi connectivity index (χ1v) is 4.14. The molecule has 0 aliphatic rings. The van der Waals surface area contributed by atoms with Gasteiger partial charge in [-0.15, -0.1) is 0 Å². The van der Waals surface area contributed by atoms with Crippen LogP contribution in [0.5, 0.6) is 0 Å². The van der Waals surface area contributed by atoms with Gasteiger partial charge in [0.2, 0.25) is 5.91 Å². The number of ketones is 1. The van der Waals surface area contributed by atoms with Gasteiger partial charge < -0.3 is 16.2 Å². The zero-order chi connectivity index (χ0) is 10.4. The zero-order valence-electron chi connectivity index (χ0n) is 7.91. The van der Waals surface area contributed by atoms with E-state index in [1.54, 1.807) is 6.92 Å². The highest BCUT2D eigenvalue weighted by Gasteiger charge is 2.18. The molecule has 0 heterocycles. The Balaban J connectivity index is 4.09. The highest BCUT2D eigenvalue weighted by Crippen LogP contribution is 1.94. The molecule has 0 aromatic heterocycles. The van der Waals surface area contributed by atoms with Crippen LogP contribution in [0.2, 0.25) is 0 Å². The fourth-order valence-electron chi connectivity index (χ4n) is 0.723. The quantitative estimate of drug-likeness (QED) is 0.497. The monoisotopic (exact) mass is 188 g/mol. The van der Waals surface area contributed by atoms with E-state index in [1.165, 1.54) is 6.92 Å². The summed E-state index contributed by atoms with van der Waals surface area (Å²) in [4.78, 5) is 22.0. The Morgan fingerprint density at radius 1 is 1.54 bits per heavy atom. The van der Waals surface area contributed by atoms with Gasteiger partial charge in [0, 0.05) is 6.54 Å². The summed E-state index contributed by atoms with van der Waals surface area (Å²) in [6, 6.07) is -0.638. The van der Waals surface area contributed by atoms with Crippen molar-refractivity contribution in [3.63, 3.8) is 0 Å². The lowest BCUT2D eigenvalue weighted by Gasteiger charge is -2.15. The Bertz CT molecular complexity index is 194. The van der Waals surface area contributed by atoms with E-state index in [4.69, 9.17) is 10.8 Å². The van der Waals surface area contributed by atoms with Gasteiger partial charge in [0.1, 0.15) is 0 Å². The van der Waals surface area contributed by atoms with Crippen LogP contribution in [-0.4, -0.2) is 36.0 Å². The van der Waals surface area contributed by atoms with Crippen molar-refractivity contribution in [3.05, 3.63) is 0 Å². The number of carbonyl (C=O) groups excluding carboxylic acids is 2. The van der Waals surface area contributed by atoms with E-state index >= 15 is 0 Å². The predicted octanol–water partition coefficient (Wildman–Crippen LogP) is -1.35. The summed E-state index contributed by atoms with van der Waals surface area (Å²) in [5, 5.41) is 11.1. The van der Waals surface area contributed by atoms with Crippen molar-refractivity contribution in [1.29, 1.82) is 0 Å². The molecule has 4 N–H and O–H groups in total. The van der Waals surface area contributed by atoms with Crippen molar-refractivity contribution in [3.8, 4) is 0 Å². The predicted molar refractivity (Wildman–Crippen MR) is 47.9 cm³/mol. The second-order valence-corrected chi connectivity index (χ2v) is 2.99. The first-order valence-electron chi connectivity index (χ1n) is 4.14. The summed E-state index contributed by atoms with van der Waals surface area (Å²) in [7, 11) is 0. The van der Waals surface area contributed by atoms with Crippen molar-refractivity contribution in [2.75, 3.05) is 13.2 Å². The molecule has 0 aliphatic carbocycles. The van der Waals surface area contributed by atoms with E-state index < -0.39 is 12.0 Å². The molecule has 0 aliphatic heterocycles. The Hall–Kier alpha value is -0.940. The number of carbonyl (C=O) groups is 2. The van der Waals surface area contributed by atoms with Gasteiger partial charge in [0.05, 0.1) is 18.6 Å². The number of nitrogens with two attached hydrogens (primary N) is 1. The van der Waals surface area contributed by atoms with E-state index in [2.05, 4.69) is 5.32 Å². The third-order valence-electron chi connectivity index (χ3n) is 1.76. The fourth-order valence-corrected chi connectivity index (χ4v) is 0.723. The number of Topliss-reactive ketones (excluding diaryl/α,β-unsaturated/α-hetero) is 1. The Labute approximate surface area is 77.3 Å². The average molecular weight is 188 g/mol. The normalized spacial score (nSPS) is 14.8. The van der Waals surface area contributed by atoms with Crippen LogP contribution in [0.3, 0.4) is 0 Å². The first-order chi connectivity index (χ1) is 6.02. The van der Waals surface area contributed by atoms with Crippen molar-refractivity contribution < 1.29 is 14.7 Å². The van der Waals surface area contributed by atoms with E-state index in [9.17, 15) is 9.59 Å². The maximum Gasteiger partial charge on any atom is 0.225 e. The largest absolute Gasteiger partial charge is 0.396 e. The molecule has 0 radical (unpaired) electrons. The maximum absolute atomic E-state index is 11.2. The molecule has 2 unspecified atom stereocenters. The minimum absolute atomic E-state index is 0.0826. The smallest absolute Gasteiger partial charge is 0.225 e. The summed E-state index contributed by atoms with van der Waals surface area (Å²) >= 11 is 0. The SMILES string of the molecule is CC(=O)C(CN)NC(=O)C(C)CO. The van der Waals surface area contributed by atoms with Gasteiger partial charge in [-0.2, -0.15) is 0 Å². The molecule has 5 heteroatoms. The van der Waals surface area contributed by atoms with Crippen LogP contribution in [0, 0.1) is 5.92 Å². The third-order valence-corrected chi connectivity index (χ3v) is 1.76. The molecule has 0 saturated heterocycles. The molecule has 5 nitrogen and oxygen atoms in total. The van der Waals surface area contributed by atoms with Crippen LogP contribution < -0.4 is 11.1 Å². The molecule has 1 amide bonds. The third kappa shape index (κ3) is 4.00. The highest BCUT2D eigenvalue weighted by atomic mass is 16.3. The molecule has 0 spiro atoms. The topological polar surface area (TPSA) is 92.4 Å².